The molecule has 0 unspecified atom stereocenters. The van der Waals surface area contributed by atoms with Crippen molar-refractivity contribution in [3.8, 4) is 0 Å². The van der Waals surface area contributed by atoms with E-state index in [1.807, 2.05) is 24.3 Å². The number of carbonyl (C=O) groups is 2. The third-order valence-corrected chi connectivity index (χ3v) is 2.91. The van der Waals surface area contributed by atoms with Crippen LogP contribution in [0.25, 0.3) is 0 Å². The summed E-state index contributed by atoms with van der Waals surface area (Å²) in [4.78, 5) is 24.2. The fourth-order valence-electron chi connectivity index (χ4n) is 1.92. The molecular weight excluding hydrogens is 258 g/mol. The van der Waals surface area contributed by atoms with Crippen LogP contribution in [-0.2, 0) is 14.3 Å². The molecule has 0 atom stereocenters. The molecule has 0 radical (unpaired) electrons. The van der Waals surface area contributed by atoms with Crippen LogP contribution >= 0.6 is 0 Å². The second-order valence-corrected chi connectivity index (χ2v) is 4.37. The van der Waals surface area contributed by atoms with Gasteiger partial charge in [-0.1, -0.05) is 0 Å². The topological polar surface area (TPSA) is 84.7 Å². The Morgan fingerprint density at radius 2 is 1.80 bits per heavy atom. The molecule has 2 amide bonds. The van der Waals surface area contributed by atoms with Crippen molar-refractivity contribution in [3.05, 3.63) is 36.4 Å². The standard InChI is InChI=1S/C14H17N3O3/c15-13(18)5-6-14(19)16-11-1-3-12(4-2-11)17-7-9-20-10-8-17/h1-6H,7-10H2,(H2,15,18)(H,16,19)/b6-5-. The Balaban J connectivity index is 1.94. The van der Waals surface area contributed by atoms with Gasteiger partial charge >= 0.3 is 0 Å². The smallest absolute Gasteiger partial charge is 0.248 e. The zero-order chi connectivity index (χ0) is 14.4. The number of carbonyl (C=O) groups excluding carboxylic acids is 2. The van der Waals surface area contributed by atoms with Crippen LogP contribution in [0.5, 0.6) is 0 Å². The molecule has 0 saturated carbocycles. The molecule has 0 aromatic heterocycles. The summed E-state index contributed by atoms with van der Waals surface area (Å²) in [6, 6.07) is 7.53. The normalized spacial score (nSPS) is 15.3. The lowest BCUT2D eigenvalue weighted by atomic mass is 10.2. The first kappa shape index (κ1) is 14.1. The third-order valence-electron chi connectivity index (χ3n) is 2.91. The van der Waals surface area contributed by atoms with Crippen LogP contribution in [0.3, 0.4) is 0 Å². The molecule has 3 N–H and O–H groups in total. The zero-order valence-corrected chi connectivity index (χ0v) is 11.0. The average molecular weight is 275 g/mol. The molecule has 0 aliphatic carbocycles. The van der Waals surface area contributed by atoms with Gasteiger partial charge in [0.25, 0.3) is 0 Å². The fourth-order valence-corrected chi connectivity index (χ4v) is 1.92. The highest BCUT2D eigenvalue weighted by atomic mass is 16.5. The predicted octanol–water partition coefficient (Wildman–Crippen LogP) is 0.503. The Morgan fingerprint density at radius 3 is 2.40 bits per heavy atom. The van der Waals surface area contributed by atoms with Crippen LogP contribution in [0.4, 0.5) is 11.4 Å². The van der Waals surface area contributed by atoms with Crippen molar-refractivity contribution >= 4 is 23.2 Å². The fraction of sp³-hybridized carbons (Fsp3) is 0.286. The molecule has 1 aromatic rings. The molecule has 1 aromatic carbocycles. The minimum atomic E-state index is -0.650. The number of primary amides is 1. The van der Waals surface area contributed by atoms with Gasteiger partial charge in [0, 0.05) is 36.6 Å². The van der Waals surface area contributed by atoms with Crippen molar-refractivity contribution < 1.29 is 14.3 Å². The van der Waals surface area contributed by atoms with E-state index in [1.54, 1.807) is 0 Å². The number of ether oxygens (including phenoxy) is 1. The van der Waals surface area contributed by atoms with Crippen LogP contribution in [0.15, 0.2) is 36.4 Å². The highest BCUT2D eigenvalue weighted by Crippen LogP contribution is 2.18. The monoisotopic (exact) mass is 275 g/mol. The van der Waals surface area contributed by atoms with Gasteiger partial charge in [-0.3, -0.25) is 9.59 Å². The van der Waals surface area contributed by atoms with E-state index < -0.39 is 5.91 Å². The lowest BCUT2D eigenvalue weighted by Gasteiger charge is -2.28. The highest BCUT2D eigenvalue weighted by molar-refractivity contribution is 6.03. The number of anilines is 2. The maximum atomic E-state index is 11.5. The summed E-state index contributed by atoms with van der Waals surface area (Å²) in [6.07, 6.45) is 2.13. The summed E-state index contributed by atoms with van der Waals surface area (Å²) in [5.74, 6) is -1.04. The summed E-state index contributed by atoms with van der Waals surface area (Å²) >= 11 is 0. The van der Waals surface area contributed by atoms with Gasteiger partial charge in [-0.05, 0) is 24.3 Å². The van der Waals surface area contributed by atoms with E-state index in [9.17, 15) is 9.59 Å². The Labute approximate surface area is 117 Å². The maximum absolute atomic E-state index is 11.5. The van der Waals surface area contributed by atoms with Gasteiger partial charge in [0.1, 0.15) is 0 Å². The largest absolute Gasteiger partial charge is 0.378 e. The van der Waals surface area contributed by atoms with Crippen molar-refractivity contribution in [2.24, 2.45) is 5.73 Å². The quantitative estimate of drug-likeness (QED) is 0.784. The van der Waals surface area contributed by atoms with Crippen molar-refractivity contribution in [1.29, 1.82) is 0 Å². The number of amides is 2. The van der Waals surface area contributed by atoms with Gasteiger partial charge < -0.3 is 20.7 Å². The molecular formula is C14H17N3O3. The van der Waals surface area contributed by atoms with E-state index in [-0.39, 0.29) is 5.91 Å². The first-order valence-corrected chi connectivity index (χ1v) is 6.36. The van der Waals surface area contributed by atoms with Crippen LogP contribution in [0, 0.1) is 0 Å². The van der Waals surface area contributed by atoms with Gasteiger partial charge in [-0.25, -0.2) is 0 Å². The minimum absolute atomic E-state index is 0.386. The minimum Gasteiger partial charge on any atom is -0.378 e. The van der Waals surface area contributed by atoms with Crippen LogP contribution < -0.4 is 16.0 Å². The Hall–Kier alpha value is -2.34. The summed E-state index contributed by atoms with van der Waals surface area (Å²) in [6.45, 7) is 3.20. The number of hydrogen-bond donors (Lipinski definition) is 2. The van der Waals surface area contributed by atoms with Crippen LogP contribution in [0.1, 0.15) is 0 Å². The summed E-state index contributed by atoms with van der Waals surface area (Å²) in [5, 5.41) is 2.65. The average Bonchev–Trinajstić information content (AvgIpc) is 2.47. The third kappa shape index (κ3) is 4.10. The molecule has 1 aliphatic rings. The second kappa shape index (κ2) is 6.72. The first-order valence-electron chi connectivity index (χ1n) is 6.36. The molecule has 1 saturated heterocycles. The van der Waals surface area contributed by atoms with E-state index in [0.29, 0.717) is 5.69 Å². The van der Waals surface area contributed by atoms with Crippen LogP contribution in [0.2, 0.25) is 0 Å². The first-order chi connectivity index (χ1) is 9.65. The second-order valence-electron chi connectivity index (χ2n) is 4.37. The molecule has 1 heterocycles. The van der Waals surface area contributed by atoms with E-state index in [2.05, 4.69) is 10.2 Å². The molecule has 0 bridgehead atoms. The van der Waals surface area contributed by atoms with Gasteiger partial charge in [0.2, 0.25) is 11.8 Å². The number of morpholine rings is 1. The molecule has 106 valence electrons. The summed E-state index contributed by atoms with van der Waals surface area (Å²) in [7, 11) is 0. The van der Waals surface area contributed by atoms with Crippen LogP contribution in [-0.4, -0.2) is 38.1 Å². The molecule has 2 rings (SSSR count). The number of rotatable bonds is 4. The number of nitrogens with one attached hydrogen (secondary N) is 1. The SMILES string of the molecule is NC(=O)/C=C\C(=O)Nc1ccc(N2CCOCC2)cc1. The van der Waals surface area contributed by atoms with Gasteiger partial charge in [-0.2, -0.15) is 0 Å². The number of hydrogen-bond acceptors (Lipinski definition) is 4. The van der Waals surface area contributed by atoms with E-state index >= 15 is 0 Å². The van der Waals surface area contributed by atoms with Crippen molar-refractivity contribution in [1.82, 2.24) is 0 Å². The Kier molecular flexibility index (Phi) is 4.73. The summed E-state index contributed by atoms with van der Waals surface area (Å²) < 4.78 is 5.30. The van der Waals surface area contributed by atoms with E-state index in [1.165, 1.54) is 0 Å². The van der Waals surface area contributed by atoms with Crippen molar-refractivity contribution in [3.63, 3.8) is 0 Å². The Bertz CT molecular complexity index is 505. The zero-order valence-electron chi connectivity index (χ0n) is 11.0. The van der Waals surface area contributed by atoms with Gasteiger partial charge in [0.05, 0.1) is 13.2 Å². The van der Waals surface area contributed by atoms with Crippen molar-refractivity contribution in [2.75, 3.05) is 36.5 Å². The van der Waals surface area contributed by atoms with Gasteiger partial charge in [-0.15, -0.1) is 0 Å². The highest BCUT2D eigenvalue weighted by Gasteiger charge is 2.10. The number of nitrogens with two attached hydrogens (primary N) is 1. The molecule has 6 nitrogen and oxygen atoms in total. The summed E-state index contributed by atoms with van der Waals surface area (Å²) in [5.41, 5.74) is 6.68. The molecule has 1 fully saturated rings. The van der Waals surface area contributed by atoms with Crippen molar-refractivity contribution in [2.45, 2.75) is 0 Å². The van der Waals surface area contributed by atoms with Gasteiger partial charge in [0.15, 0.2) is 0 Å². The Morgan fingerprint density at radius 1 is 1.15 bits per heavy atom. The predicted molar refractivity (Wildman–Crippen MR) is 76.4 cm³/mol. The van der Waals surface area contributed by atoms with E-state index in [0.717, 1.165) is 44.1 Å². The number of nitrogens with zero attached hydrogens (tertiary/aromatic N) is 1. The maximum Gasteiger partial charge on any atom is 0.248 e. The van der Waals surface area contributed by atoms with E-state index in [4.69, 9.17) is 10.5 Å². The number of benzene rings is 1. The lowest BCUT2D eigenvalue weighted by Crippen LogP contribution is -2.36. The molecule has 0 spiro atoms. The lowest BCUT2D eigenvalue weighted by molar-refractivity contribution is -0.115. The molecule has 20 heavy (non-hydrogen) atoms. The molecule has 6 heteroatoms. The molecule has 1 aliphatic heterocycles.